The molecule has 0 amide bonds. The Balaban J connectivity index is 2.12. The number of aliphatic hydroxyl groups is 1. The van der Waals surface area contributed by atoms with E-state index in [1.54, 1.807) is 0 Å². The molecule has 1 saturated heterocycles. The van der Waals surface area contributed by atoms with Gasteiger partial charge in [-0.15, -0.1) is 0 Å². The van der Waals surface area contributed by atoms with Crippen LogP contribution in [0.25, 0.3) is 0 Å². The first-order valence-corrected chi connectivity index (χ1v) is 7.13. The van der Waals surface area contributed by atoms with Crippen molar-refractivity contribution in [1.29, 1.82) is 0 Å². The highest BCUT2D eigenvalue weighted by Crippen LogP contribution is 2.27. The van der Waals surface area contributed by atoms with Gasteiger partial charge in [0.05, 0.1) is 6.61 Å². The standard InChI is InChI=1S/C16H26N2O/c1-16(2,13-19)15-7-5-4-6-14(15)12-18-10-8-17(3)9-11-18/h4-7,19H,8-13H2,1-3H3. The third kappa shape index (κ3) is 3.56. The smallest absolute Gasteiger partial charge is 0.0522 e. The van der Waals surface area contributed by atoms with Gasteiger partial charge in [0.1, 0.15) is 0 Å². The SMILES string of the molecule is CN1CCN(Cc2ccccc2C(C)(C)CO)CC1. The van der Waals surface area contributed by atoms with Gasteiger partial charge in [0, 0.05) is 38.1 Å². The first kappa shape index (κ1) is 14.5. The molecule has 1 aromatic rings. The summed E-state index contributed by atoms with van der Waals surface area (Å²) in [6, 6.07) is 8.52. The van der Waals surface area contributed by atoms with Crippen molar-refractivity contribution < 1.29 is 5.11 Å². The largest absolute Gasteiger partial charge is 0.395 e. The van der Waals surface area contributed by atoms with Crippen molar-refractivity contribution >= 4 is 0 Å². The normalized spacial score (nSPS) is 18.7. The van der Waals surface area contributed by atoms with E-state index in [2.05, 4.69) is 55.0 Å². The van der Waals surface area contributed by atoms with Gasteiger partial charge in [-0.25, -0.2) is 0 Å². The average Bonchev–Trinajstić information content (AvgIpc) is 2.42. The third-order valence-corrected chi connectivity index (χ3v) is 4.13. The minimum absolute atomic E-state index is 0.164. The van der Waals surface area contributed by atoms with Gasteiger partial charge in [-0.05, 0) is 18.2 Å². The van der Waals surface area contributed by atoms with Gasteiger partial charge in [-0.1, -0.05) is 38.1 Å². The molecule has 0 saturated carbocycles. The van der Waals surface area contributed by atoms with Crippen LogP contribution in [0.4, 0.5) is 0 Å². The monoisotopic (exact) mass is 262 g/mol. The first-order chi connectivity index (χ1) is 9.03. The second-order valence-electron chi connectivity index (χ2n) is 6.28. The number of rotatable bonds is 4. The van der Waals surface area contributed by atoms with E-state index in [1.807, 2.05) is 0 Å². The second-order valence-corrected chi connectivity index (χ2v) is 6.28. The molecule has 0 unspecified atom stereocenters. The summed E-state index contributed by atoms with van der Waals surface area (Å²) in [6.07, 6.45) is 0. The van der Waals surface area contributed by atoms with Crippen LogP contribution < -0.4 is 0 Å². The Kier molecular flexibility index (Phi) is 4.61. The molecule has 0 spiro atoms. The fourth-order valence-corrected chi connectivity index (χ4v) is 2.65. The number of aliphatic hydroxyl groups excluding tert-OH is 1. The van der Waals surface area contributed by atoms with E-state index in [9.17, 15) is 5.11 Å². The fraction of sp³-hybridized carbons (Fsp3) is 0.625. The average molecular weight is 262 g/mol. The number of benzene rings is 1. The Hall–Kier alpha value is -0.900. The van der Waals surface area contributed by atoms with E-state index in [0.29, 0.717) is 0 Å². The van der Waals surface area contributed by atoms with Gasteiger partial charge in [0.25, 0.3) is 0 Å². The van der Waals surface area contributed by atoms with Crippen molar-refractivity contribution in [2.75, 3.05) is 39.8 Å². The Morgan fingerprint density at radius 2 is 1.74 bits per heavy atom. The predicted molar refractivity (Wildman–Crippen MR) is 79.3 cm³/mol. The van der Waals surface area contributed by atoms with E-state index in [-0.39, 0.29) is 12.0 Å². The van der Waals surface area contributed by atoms with Crippen LogP contribution >= 0.6 is 0 Å². The molecule has 1 aromatic carbocycles. The molecule has 1 heterocycles. The highest BCUT2D eigenvalue weighted by atomic mass is 16.3. The summed E-state index contributed by atoms with van der Waals surface area (Å²) >= 11 is 0. The highest BCUT2D eigenvalue weighted by Gasteiger charge is 2.23. The summed E-state index contributed by atoms with van der Waals surface area (Å²) in [5, 5.41) is 9.59. The quantitative estimate of drug-likeness (QED) is 0.895. The Labute approximate surface area is 116 Å². The number of hydrogen-bond donors (Lipinski definition) is 1. The number of piperazine rings is 1. The summed E-state index contributed by atoms with van der Waals surface area (Å²) in [4.78, 5) is 4.88. The van der Waals surface area contributed by atoms with Crippen LogP contribution in [0, 0.1) is 0 Å². The van der Waals surface area contributed by atoms with E-state index >= 15 is 0 Å². The summed E-state index contributed by atoms with van der Waals surface area (Å²) in [6.45, 7) is 9.94. The molecule has 0 radical (unpaired) electrons. The molecule has 1 aliphatic heterocycles. The zero-order valence-electron chi connectivity index (χ0n) is 12.4. The number of likely N-dealkylation sites (N-methyl/N-ethyl adjacent to an activating group) is 1. The fourth-order valence-electron chi connectivity index (χ4n) is 2.65. The van der Waals surface area contributed by atoms with Gasteiger partial charge in [0.15, 0.2) is 0 Å². The van der Waals surface area contributed by atoms with Gasteiger partial charge < -0.3 is 10.0 Å². The molecule has 0 aliphatic carbocycles. The molecular formula is C16H26N2O. The molecule has 1 aliphatic rings. The van der Waals surface area contributed by atoms with Crippen molar-refractivity contribution in [3.05, 3.63) is 35.4 Å². The molecule has 0 bridgehead atoms. The zero-order valence-corrected chi connectivity index (χ0v) is 12.4. The van der Waals surface area contributed by atoms with E-state index in [0.717, 1.165) is 32.7 Å². The van der Waals surface area contributed by atoms with Gasteiger partial charge in [-0.3, -0.25) is 4.90 Å². The summed E-state index contributed by atoms with van der Waals surface area (Å²) < 4.78 is 0. The first-order valence-electron chi connectivity index (χ1n) is 7.13. The predicted octanol–water partition coefficient (Wildman–Crippen LogP) is 1.70. The van der Waals surface area contributed by atoms with E-state index < -0.39 is 0 Å². The molecule has 3 nitrogen and oxygen atoms in total. The zero-order chi connectivity index (χ0) is 13.9. The molecule has 1 N–H and O–H groups in total. The Morgan fingerprint density at radius 1 is 1.11 bits per heavy atom. The van der Waals surface area contributed by atoms with Crippen molar-refractivity contribution in [2.45, 2.75) is 25.8 Å². The van der Waals surface area contributed by atoms with Crippen molar-refractivity contribution in [1.82, 2.24) is 9.80 Å². The van der Waals surface area contributed by atoms with Gasteiger partial charge >= 0.3 is 0 Å². The molecule has 1 fully saturated rings. The van der Waals surface area contributed by atoms with Gasteiger partial charge in [-0.2, -0.15) is 0 Å². The maximum atomic E-state index is 9.59. The summed E-state index contributed by atoms with van der Waals surface area (Å²) in [5.41, 5.74) is 2.46. The number of nitrogens with zero attached hydrogens (tertiary/aromatic N) is 2. The van der Waals surface area contributed by atoms with E-state index in [1.165, 1.54) is 11.1 Å². The molecule has 2 rings (SSSR count). The van der Waals surface area contributed by atoms with Crippen molar-refractivity contribution in [3.8, 4) is 0 Å². The highest BCUT2D eigenvalue weighted by molar-refractivity contribution is 5.33. The maximum Gasteiger partial charge on any atom is 0.0522 e. The van der Waals surface area contributed by atoms with Crippen LogP contribution in [0.2, 0.25) is 0 Å². The minimum atomic E-state index is -0.164. The molecule has 3 heteroatoms. The Morgan fingerprint density at radius 3 is 2.37 bits per heavy atom. The van der Waals surface area contributed by atoms with Gasteiger partial charge in [0.2, 0.25) is 0 Å². The van der Waals surface area contributed by atoms with Crippen LogP contribution in [-0.4, -0.2) is 54.7 Å². The summed E-state index contributed by atoms with van der Waals surface area (Å²) in [5.74, 6) is 0. The molecule has 19 heavy (non-hydrogen) atoms. The molecule has 0 atom stereocenters. The molecule has 0 aromatic heterocycles. The lowest BCUT2D eigenvalue weighted by molar-refractivity contribution is 0.146. The Bertz CT molecular complexity index is 409. The second kappa shape index (κ2) is 6.04. The maximum absolute atomic E-state index is 9.59. The molecular weight excluding hydrogens is 236 g/mol. The molecule has 106 valence electrons. The van der Waals surface area contributed by atoms with Crippen LogP contribution in [0.15, 0.2) is 24.3 Å². The lowest BCUT2D eigenvalue weighted by Gasteiger charge is -2.34. The van der Waals surface area contributed by atoms with Crippen molar-refractivity contribution in [2.24, 2.45) is 0 Å². The van der Waals surface area contributed by atoms with Crippen LogP contribution in [0.5, 0.6) is 0 Å². The number of hydrogen-bond acceptors (Lipinski definition) is 3. The van der Waals surface area contributed by atoms with Crippen LogP contribution in [0.3, 0.4) is 0 Å². The third-order valence-electron chi connectivity index (χ3n) is 4.13. The van der Waals surface area contributed by atoms with Crippen LogP contribution in [0.1, 0.15) is 25.0 Å². The van der Waals surface area contributed by atoms with Crippen molar-refractivity contribution in [3.63, 3.8) is 0 Å². The summed E-state index contributed by atoms with van der Waals surface area (Å²) in [7, 11) is 2.18. The van der Waals surface area contributed by atoms with E-state index in [4.69, 9.17) is 0 Å². The lowest BCUT2D eigenvalue weighted by Crippen LogP contribution is -2.44. The van der Waals surface area contributed by atoms with Crippen LogP contribution in [-0.2, 0) is 12.0 Å². The topological polar surface area (TPSA) is 26.7 Å². The minimum Gasteiger partial charge on any atom is -0.395 e. The lowest BCUT2D eigenvalue weighted by atomic mass is 9.82.